The van der Waals surface area contributed by atoms with Gasteiger partial charge in [-0.3, -0.25) is 9.69 Å². The highest BCUT2D eigenvalue weighted by Gasteiger charge is 2.25. The lowest BCUT2D eigenvalue weighted by atomic mass is 10.0. The number of carbonyl (C=O) groups is 1. The minimum absolute atomic E-state index is 0.00612. The normalized spacial score (nSPS) is 17.7. The fourth-order valence-electron chi connectivity index (χ4n) is 3.21. The Bertz CT molecular complexity index is 736. The van der Waals surface area contributed by atoms with Gasteiger partial charge in [0.25, 0.3) is 0 Å². The summed E-state index contributed by atoms with van der Waals surface area (Å²) in [6.45, 7) is 3.34. The molecule has 0 aliphatic carbocycles. The molecule has 1 amide bonds. The zero-order valence-corrected chi connectivity index (χ0v) is 15.6. The number of ether oxygens (including phenoxy) is 1. The minimum atomic E-state index is 0.00612. The molecule has 1 aliphatic rings. The van der Waals surface area contributed by atoms with Crippen molar-refractivity contribution < 1.29 is 9.53 Å². The number of piperazine rings is 1. The zero-order chi connectivity index (χ0) is 18.4. The fourth-order valence-corrected chi connectivity index (χ4v) is 3.47. The zero-order valence-electron chi connectivity index (χ0n) is 14.9. The van der Waals surface area contributed by atoms with E-state index in [4.69, 9.17) is 16.3 Å². The van der Waals surface area contributed by atoms with Crippen molar-refractivity contribution in [2.45, 2.75) is 12.5 Å². The molecule has 1 atom stereocenters. The van der Waals surface area contributed by atoms with Crippen LogP contribution in [0.5, 0.6) is 5.75 Å². The van der Waals surface area contributed by atoms with Gasteiger partial charge in [0.2, 0.25) is 5.91 Å². The summed E-state index contributed by atoms with van der Waals surface area (Å²) in [5.74, 6) is 0.776. The van der Waals surface area contributed by atoms with Gasteiger partial charge in [-0.2, -0.15) is 0 Å². The van der Waals surface area contributed by atoms with Gasteiger partial charge in [-0.1, -0.05) is 29.8 Å². The van der Waals surface area contributed by atoms with E-state index in [1.54, 1.807) is 7.11 Å². The average molecular weight is 374 g/mol. The molecular weight excluding hydrogens is 350 g/mol. The van der Waals surface area contributed by atoms with E-state index in [2.05, 4.69) is 21.6 Å². The van der Waals surface area contributed by atoms with E-state index < -0.39 is 0 Å². The molecule has 0 bridgehead atoms. The summed E-state index contributed by atoms with van der Waals surface area (Å²) >= 11 is 6.37. The largest absolute Gasteiger partial charge is 0.497 e. The maximum atomic E-state index is 12.3. The number of amides is 1. The van der Waals surface area contributed by atoms with Gasteiger partial charge in [0.1, 0.15) is 5.75 Å². The number of hydrogen-bond donors (Lipinski definition) is 2. The maximum Gasteiger partial charge on any atom is 0.225 e. The molecule has 6 heteroatoms. The molecule has 138 valence electrons. The number of halogens is 1. The summed E-state index contributed by atoms with van der Waals surface area (Å²) in [7, 11) is 1.62. The summed E-state index contributed by atoms with van der Waals surface area (Å²) in [6.07, 6.45) is 0.437. The Balaban J connectivity index is 1.58. The molecule has 5 nitrogen and oxygen atoms in total. The van der Waals surface area contributed by atoms with E-state index in [0.717, 1.165) is 41.7 Å². The maximum absolute atomic E-state index is 12.3. The summed E-state index contributed by atoms with van der Waals surface area (Å²) < 4.78 is 5.13. The lowest BCUT2D eigenvalue weighted by molar-refractivity contribution is -0.116. The van der Waals surface area contributed by atoms with Crippen LogP contribution in [0.25, 0.3) is 0 Å². The van der Waals surface area contributed by atoms with Gasteiger partial charge in [0.15, 0.2) is 0 Å². The Kier molecular flexibility index (Phi) is 6.50. The van der Waals surface area contributed by atoms with Crippen LogP contribution in [0.3, 0.4) is 0 Å². The van der Waals surface area contributed by atoms with Gasteiger partial charge in [-0.25, -0.2) is 0 Å². The van der Waals surface area contributed by atoms with Gasteiger partial charge < -0.3 is 15.4 Å². The quantitative estimate of drug-likeness (QED) is 0.815. The Hall–Kier alpha value is -2.08. The third kappa shape index (κ3) is 4.75. The van der Waals surface area contributed by atoms with E-state index >= 15 is 0 Å². The van der Waals surface area contributed by atoms with E-state index in [9.17, 15) is 4.79 Å². The van der Waals surface area contributed by atoms with Crippen molar-refractivity contribution in [3.05, 3.63) is 59.1 Å². The van der Waals surface area contributed by atoms with Crippen molar-refractivity contribution in [1.82, 2.24) is 10.2 Å². The van der Waals surface area contributed by atoms with E-state index in [1.807, 2.05) is 42.5 Å². The van der Waals surface area contributed by atoms with Crippen LogP contribution < -0.4 is 15.4 Å². The predicted molar refractivity (Wildman–Crippen MR) is 105 cm³/mol. The van der Waals surface area contributed by atoms with Crippen molar-refractivity contribution in [3.8, 4) is 5.75 Å². The van der Waals surface area contributed by atoms with E-state index in [1.165, 1.54) is 0 Å². The third-order valence-electron chi connectivity index (χ3n) is 4.62. The first-order valence-electron chi connectivity index (χ1n) is 8.80. The number of anilines is 1. The smallest absolute Gasteiger partial charge is 0.225 e. The molecule has 1 saturated heterocycles. The number of nitrogens with one attached hydrogen (secondary N) is 2. The van der Waals surface area contributed by atoms with Crippen molar-refractivity contribution in [3.63, 3.8) is 0 Å². The first-order valence-corrected chi connectivity index (χ1v) is 9.18. The Morgan fingerprint density at radius 1 is 1.27 bits per heavy atom. The Morgan fingerprint density at radius 2 is 2.04 bits per heavy atom. The second kappa shape index (κ2) is 9.03. The van der Waals surface area contributed by atoms with Gasteiger partial charge in [-0.15, -0.1) is 0 Å². The monoisotopic (exact) mass is 373 g/mol. The Morgan fingerprint density at radius 3 is 2.77 bits per heavy atom. The van der Waals surface area contributed by atoms with E-state index in [0.29, 0.717) is 13.0 Å². The van der Waals surface area contributed by atoms with Crippen LogP contribution in [-0.2, 0) is 4.79 Å². The molecule has 2 N–H and O–H groups in total. The summed E-state index contributed by atoms with van der Waals surface area (Å²) in [5, 5.41) is 7.12. The van der Waals surface area contributed by atoms with Crippen LogP contribution in [0.4, 0.5) is 5.69 Å². The third-order valence-corrected chi connectivity index (χ3v) is 4.96. The number of benzene rings is 2. The molecular formula is C20H24ClN3O2. The van der Waals surface area contributed by atoms with Crippen molar-refractivity contribution in [1.29, 1.82) is 0 Å². The first-order chi connectivity index (χ1) is 12.7. The number of methoxy groups -OCH3 is 1. The standard InChI is InChI=1S/C20H24ClN3O2/c1-26-16-8-6-15(7-9-16)23-20(25)10-12-24-13-11-22-14-19(24)17-4-2-3-5-18(17)21/h2-9,19,22H,10-14H2,1H3,(H,23,25). The molecule has 26 heavy (non-hydrogen) atoms. The summed E-state index contributed by atoms with van der Waals surface area (Å²) in [6, 6.07) is 15.5. The van der Waals surface area contributed by atoms with Crippen LogP contribution in [-0.4, -0.2) is 44.1 Å². The molecule has 0 radical (unpaired) electrons. The molecule has 2 aromatic carbocycles. The average Bonchev–Trinajstić information content (AvgIpc) is 2.68. The topological polar surface area (TPSA) is 53.6 Å². The van der Waals surface area contributed by atoms with Crippen LogP contribution in [0.15, 0.2) is 48.5 Å². The molecule has 1 heterocycles. The second-order valence-corrected chi connectivity index (χ2v) is 6.71. The first kappa shape index (κ1) is 18.7. The highest BCUT2D eigenvalue weighted by atomic mass is 35.5. The number of nitrogens with zero attached hydrogens (tertiary/aromatic N) is 1. The van der Waals surface area contributed by atoms with E-state index in [-0.39, 0.29) is 11.9 Å². The lowest BCUT2D eigenvalue weighted by Gasteiger charge is -2.36. The molecule has 2 aromatic rings. The highest BCUT2D eigenvalue weighted by Crippen LogP contribution is 2.28. The number of hydrogen-bond acceptors (Lipinski definition) is 4. The summed E-state index contributed by atoms with van der Waals surface area (Å²) in [5.41, 5.74) is 1.88. The SMILES string of the molecule is COc1ccc(NC(=O)CCN2CCNCC2c2ccccc2Cl)cc1. The van der Waals surface area contributed by atoms with Crippen molar-refractivity contribution >= 4 is 23.2 Å². The van der Waals surface area contributed by atoms with Crippen LogP contribution in [0, 0.1) is 0 Å². The molecule has 1 unspecified atom stereocenters. The van der Waals surface area contributed by atoms with Gasteiger partial charge >= 0.3 is 0 Å². The van der Waals surface area contributed by atoms with Crippen molar-refractivity contribution in [2.24, 2.45) is 0 Å². The lowest BCUT2D eigenvalue weighted by Crippen LogP contribution is -2.46. The van der Waals surface area contributed by atoms with Gasteiger partial charge in [0, 0.05) is 49.4 Å². The minimum Gasteiger partial charge on any atom is -0.497 e. The van der Waals surface area contributed by atoms with Crippen molar-refractivity contribution in [2.75, 3.05) is 38.6 Å². The molecule has 0 aromatic heterocycles. The predicted octanol–water partition coefficient (Wildman–Crippen LogP) is 3.32. The number of carbonyl (C=O) groups excluding carboxylic acids is 1. The van der Waals surface area contributed by atoms with Crippen LogP contribution in [0.2, 0.25) is 5.02 Å². The molecule has 0 saturated carbocycles. The molecule has 3 rings (SSSR count). The molecule has 1 fully saturated rings. The molecule has 1 aliphatic heterocycles. The number of rotatable bonds is 6. The molecule has 0 spiro atoms. The van der Waals surface area contributed by atoms with Crippen LogP contribution in [0.1, 0.15) is 18.0 Å². The highest BCUT2D eigenvalue weighted by molar-refractivity contribution is 6.31. The summed E-state index contributed by atoms with van der Waals surface area (Å²) in [4.78, 5) is 14.6. The van der Waals surface area contributed by atoms with Gasteiger partial charge in [-0.05, 0) is 35.9 Å². The fraction of sp³-hybridized carbons (Fsp3) is 0.350. The second-order valence-electron chi connectivity index (χ2n) is 6.30. The van der Waals surface area contributed by atoms with Crippen LogP contribution >= 0.6 is 11.6 Å². The Labute approximate surface area is 159 Å². The van der Waals surface area contributed by atoms with Gasteiger partial charge in [0.05, 0.1) is 7.11 Å².